The Morgan fingerprint density at radius 3 is 2.65 bits per heavy atom. The summed E-state index contributed by atoms with van der Waals surface area (Å²) in [5.41, 5.74) is 3.82. The molecule has 0 unspecified atom stereocenters. The zero-order valence-corrected chi connectivity index (χ0v) is 14.6. The van der Waals surface area contributed by atoms with E-state index >= 15 is 0 Å². The largest absolute Gasteiger partial charge is 1.00 e. The molecule has 102 valence electrons. The van der Waals surface area contributed by atoms with Gasteiger partial charge in [-0.1, -0.05) is 13.0 Å². The number of carbonyl (C=O) groups excluding carboxylic acids is 1. The number of aromatic nitrogens is 1. The number of nitrogens with zero attached hydrogens (tertiary/aromatic N) is 1. The van der Waals surface area contributed by atoms with E-state index in [1.807, 2.05) is 0 Å². The van der Waals surface area contributed by atoms with Gasteiger partial charge in [-0.15, -0.1) is 0 Å². The maximum absolute atomic E-state index is 10.4. The Morgan fingerprint density at radius 2 is 2.00 bits per heavy atom. The third-order valence-electron chi connectivity index (χ3n) is 3.59. The third-order valence-corrected chi connectivity index (χ3v) is 3.59. The summed E-state index contributed by atoms with van der Waals surface area (Å²) in [7, 11) is 0. The number of carboxylic acids is 1. The van der Waals surface area contributed by atoms with Crippen LogP contribution in [0.15, 0.2) is 24.3 Å². The summed E-state index contributed by atoms with van der Waals surface area (Å²) in [6.07, 6.45) is 2.74. The first-order chi connectivity index (χ1) is 9.11. The molecule has 0 saturated heterocycles. The Hall–Kier alpha value is -0.770. The minimum absolute atomic E-state index is 0. The van der Waals surface area contributed by atoms with Gasteiger partial charge in [0.1, 0.15) is 0 Å². The summed E-state index contributed by atoms with van der Waals surface area (Å²) < 4.78 is 2.27. The molecule has 0 atom stereocenters. The number of rotatable bonds is 6. The molecule has 0 aliphatic heterocycles. The van der Waals surface area contributed by atoms with E-state index in [-0.39, 0.29) is 36.0 Å². The van der Waals surface area contributed by atoms with Gasteiger partial charge in [0.15, 0.2) is 0 Å². The van der Waals surface area contributed by atoms with Crippen LogP contribution in [0.2, 0.25) is 0 Å². The second kappa shape index (κ2) is 7.87. The normalized spacial score (nSPS) is 10.5. The molecule has 1 heterocycles. The Labute approximate surface area is 142 Å². The molecular formula is C16H20NNaO2. The van der Waals surface area contributed by atoms with E-state index in [0.717, 1.165) is 19.4 Å². The van der Waals surface area contributed by atoms with Crippen molar-refractivity contribution < 1.29 is 39.5 Å². The number of fused-ring (bicyclic) bond motifs is 1. The van der Waals surface area contributed by atoms with Gasteiger partial charge in [0.2, 0.25) is 0 Å². The Morgan fingerprint density at radius 1 is 1.25 bits per heavy atom. The average molecular weight is 281 g/mol. The molecule has 0 fully saturated rings. The molecule has 0 saturated carbocycles. The van der Waals surface area contributed by atoms with Crippen molar-refractivity contribution in [2.24, 2.45) is 0 Å². The first-order valence-corrected chi connectivity index (χ1v) is 6.90. The molecule has 1 aromatic carbocycles. The van der Waals surface area contributed by atoms with Crippen LogP contribution in [0.3, 0.4) is 0 Å². The van der Waals surface area contributed by atoms with Crippen LogP contribution in [0.4, 0.5) is 0 Å². The minimum Gasteiger partial charge on any atom is -0.550 e. The molecule has 0 spiro atoms. The van der Waals surface area contributed by atoms with Gasteiger partial charge in [-0.2, -0.15) is 0 Å². The monoisotopic (exact) mass is 281 g/mol. The number of hydrogen-bond acceptors (Lipinski definition) is 2. The molecule has 0 N–H and O–H groups in total. The molecule has 3 nitrogen and oxygen atoms in total. The van der Waals surface area contributed by atoms with E-state index in [4.69, 9.17) is 0 Å². The number of carboxylic acid groups (broad SMARTS) is 1. The van der Waals surface area contributed by atoms with Gasteiger partial charge >= 0.3 is 29.6 Å². The zero-order valence-electron chi connectivity index (χ0n) is 12.6. The molecule has 0 amide bonds. The van der Waals surface area contributed by atoms with Crippen LogP contribution in [-0.2, 0) is 17.8 Å². The molecular weight excluding hydrogens is 261 g/mol. The van der Waals surface area contributed by atoms with Crippen molar-refractivity contribution in [3.63, 3.8) is 0 Å². The van der Waals surface area contributed by atoms with E-state index < -0.39 is 5.97 Å². The van der Waals surface area contributed by atoms with Gasteiger partial charge in [0, 0.05) is 29.1 Å². The summed E-state index contributed by atoms with van der Waals surface area (Å²) in [5.74, 6) is -0.957. The molecule has 0 bridgehead atoms. The summed E-state index contributed by atoms with van der Waals surface area (Å²) in [6, 6.07) is 8.77. The zero-order chi connectivity index (χ0) is 13.8. The fourth-order valence-corrected chi connectivity index (χ4v) is 2.51. The van der Waals surface area contributed by atoms with Gasteiger partial charge < -0.3 is 14.5 Å². The van der Waals surface area contributed by atoms with Gasteiger partial charge in [0.05, 0.1) is 0 Å². The molecule has 0 aliphatic rings. The van der Waals surface area contributed by atoms with Crippen LogP contribution >= 0.6 is 0 Å². The second-order valence-corrected chi connectivity index (χ2v) is 5.01. The number of benzene rings is 1. The van der Waals surface area contributed by atoms with E-state index in [9.17, 15) is 9.90 Å². The quantitative estimate of drug-likeness (QED) is 0.526. The van der Waals surface area contributed by atoms with Crippen molar-refractivity contribution in [3.05, 3.63) is 35.5 Å². The van der Waals surface area contributed by atoms with E-state index in [1.54, 1.807) is 0 Å². The van der Waals surface area contributed by atoms with Crippen molar-refractivity contribution in [3.8, 4) is 0 Å². The van der Waals surface area contributed by atoms with E-state index in [1.165, 1.54) is 22.2 Å². The van der Waals surface area contributed by atoms with Crippen LogP contribution in [0, 0.1) is 6.92 Å². The number of aliphatic carboxylic acids is 1. The fourth-order valence-electron chi connectivity index (χ4n) is 2.51. The molecule has 20 heavy (non-hydrogen) atoms. The van der Waals surface area contributed by atoms with Crippen molar-refractivity contribution in [1.29, 1.82) is 0 Å². The van der Waals surface area contributed by atoms with Crippen molar-refractivity contribution in [2.75, 3.05) is 0 Å². The van der Waals surface area contributed by atoms with E-state index in [2.05, 4.69) is 42.7 Å². The molecule has 4 heteroatoms. The summed E-state index contributed by atoms with van der Waals surface area (Å²) in [6.45, 7) is 5.13. The maximum Gasteiger partial charge on any atom is 1.00 e. The van der Waals surface area contributed by atoms with Gasteiger partial charge in [-0.05, 0) is 56.4 Å². The number of unbranched alkanes of at least 4 members (excludes halogenated alkanes) is 1. The van der Waals surface area contributed by atoms with Crippen molar-refractivity contribution >= 4 is 16.9 Å². The van der Waals surface area contributed by atoms with Crippen LogP contribution < -0.4 is 34.7 Å². The molecule has 1 aromatic heterocycles. The first kappa shape index (κ1) is 17.3. The molecule has 0 radical (unpaired) electrons. The SMILES string of the molecule is CCc1ccc2c(c1)cc(C)n2CCCCC(=O)[O-].[Na+]. The first-order valence-electron chi connectivity index (χ1n) is 6.90. The summed E-state index contributed by atoms with van der Waals surface area (Å²) in [4.78, 5) is 10.4. The fraction of sp³-hybridized carbons (Fsp3) is 0.438. The molecule has 2 aromatic rings. The molecule has 2 rings (SSSR count). The maximum atomic E-state index is 10.4. The van der Waals surface area contributed by atoms with Gasteiger partial charge in [-0.25, -0.2) is 0 Å². The number of carbonyl (C=O) groups is 1. The van der Waals surface area contributed by atoms with Crippen LogP contribution in [0.1, 0.15) is 37.4 Å². The number of aryl methyl sites for hydroxylation is 3. The average Bonchev–Trinajstić information content (AvgIpc) is 2.69. The Balaban J connectivity index is 0.00000200. The minimum atomic E-state index is -0.957. The number of hydrogen-bond donors (Lipinski definition) is 0. The van der Waals surface area contributed by atoms with Crippen LogP contribution in [-0.4, -0.2) is 10.5 Å². The second-order valence-electron chi connectivity index (χ2n) is 5.01. The topological polar surface area (TPSA) is 45.1 Å². The van der Waals surface area contributed by atoms with Gasteiger partial charge in [-0.3, -0.25) is 0 Å². The molecule has 0 aliphatic carbocycles. The summed E-state index contributed by atoms with van der Waals surface area (Å²) >= 11 is 0. The van der Waals surface area contributed by atoms with E-state index in [0.29, 0.717) is 6.42 Å². The van der Waals surface area contributed by atoms with Crippen molar-refractivity contribution in [2.45, 2.75) is 46.1 Å². The van der Waals surface area contributed by atoms with Crippen molar-refractivity contribution in [1.82, 2.24) is 4.57 Å². The third kappa shape index (κ3) is 4.11. The predicted molar refractivity (Wildman–Crippen MR) is 74.9 cm³/mol. The van der Waals surface area contributed by atoms with Crippen LogP contribution in [0.5, 0.6) is 0 Å². The van der Waals surface area contributed by atoms with Crippen LogP contribution in [0.25, 0.3) is 10.9 Å². The Bertz CT molecular complexity index is 589. The van der Waals surface area contributed by atoms with Gasteiger partial charge in [0.25, 0.3) is 0 Å². The standard InChI is InChI=1S/C16H21NO2.Na/c1-3-13-7-8-15-14(11-13)10-12(2)17(15)9-5-4-6-16(18)19;/h7-8,10-11H,3-6,9H2,1-2H3,(H,18,19);/q;+1/p-1. The smallest absolute Gasteiger partial charge is 0.550 e. The Kier molecular flexibility index (Phi) is 6.80. The predicted octanol–water partition coefficient (Wildman–Crippen LogP) is -0.564. The summed E-state index contributed by atoms with van der Waals surface area (Å²) in [5, 5.41) is 11.7.